The van der Waals surface area contributed by atoms with Gasteiger partial charge in [-0.1, -0.05) is 0 Å². The van der Waals surface area contributed by atoms with Crippen LogP contribution in [0.25, 0.3) is 0 Å². The highest BCUT2D eigenvalue weighted by molar-refractivity contribution is 5.94. The smallest absolute Gasteiger partial charge is 0.416 e. The number of amides is 1. The molecule has 1 aromatic rings. The number of halogens is 3. The third-order valence-electron chi connectivity index (χ3n) is 3.67. The van der Waals surface area contributed by atoms with E-state index in [0.29, 0.717) is 6.42 Å². The van der Waals surface area contributed by atoms with Crippen molar-refractivity contribution in [2.24, 2.45) is 5.92 Å². The Morgan fingerprint density at radius 3 is 2.48 bits per heavy atom. The Morgan fingerprint density at radius 1 is 1.30 bits per heavy atom. The summed E-state index contributed by atoms with van der Waals surface area (Å²) in [6.07, 6.45) is -3.93. The van der Waals surface area contributed by atoms with E-state index in [1.165, 1.54) is 4.90 Å². The number of hydrogen-bond acceptors (Lipinski definition) is 3. The zero-order valence-electron chi connectivity index (χ0n) is 13.6. The molecule has 0 N–H and O–H groups in total. The van der Waals surface area contributed by atoms with E-state index in [-0.39, 0.29) is 31.1 Å². The Kier molecular flexibility index (Phi) is 4.83. The van der Waals surface area contributed by atoms with Crippen LogP contribution in [0.4, 0.5) is 13.2 Å². The van der Waals surface area contributed by atoms with Crippen molar-refractivity contribution in [2.75, 3.05) is 19.7 Å². The fraction of sp³-hybridized carbons (Fsp3) is 0.500. The molecule has 1 amide bonds. The van der Waals surface area contributed by atoms with Gasteiger partial charge >= 0.3 is 12.1 Å². The van der Waals surface area contributed by atoms with Crippen molar-refractivity contribution in [2.45, 2.75) is 25.9 Å². The molecule has 0 aromatic heterocycles. The molecule has 1 aliphatic heterocycles. The van der Waals surface area contributed by atoms with Crippen LogP contribution >= 0.6 is 0 Å². The molecule has 1 aliphatic rings. The van der Waals surface area contributed by atoms with Gasteiger partial charge in [-0.15, -0.1) is 0 Å². The quantitative estimate of drug-likeness (QED) is 0.800. The third-order valence-corrected chi connectivity index (χ3v) is 3.67. The summed E-state index contributed by atoms with van der Waals surface area (Å²) in [5, 5.41) is 0. The van der Waals surface area contributed by atoms with Gasteiger partial charge in [0.05, 0.1) is 18.1 Å². The number of benzene rings is 1. The van der Waals surface area contributed by atoms with Crippen LogP contribution in [0.3, 0.4) is 0 Å². The first-order valence-electron chi connectivity index (χ1n) is 7.89. The van der Waals surface area contributed by atoms with Gasteiger partial charge in [-0.2, -0.15) is 13.2 Å². The number of nitrogens with zero attached hydrogens (tertiary/aromatic N) is 1. The number of piperidine rings is 1. The molecule has 1 aromatic carbocycles. The van der Waals surface area contributed by atoms with E-state index >= 15 is 0 Å². The molecule has 1 saturated heterocycles. The van der Waals surface area contributed by atoms with Crippen molar-refractivity contribution in [1.82, 2.24) is 4.90 Å². The van der Waals surface area contributed by atoms with Crippen LogP contribution in [0, 0.1) is 5.92 Å². The van der Waals surface area contributed by atoms with Crippen LogP contribution in [0.2, 0.25) is 0 Å². The molecular formula is C16H18F3NO3. The van der Waals surface area contributed by atoms with Gasteiger partial charge in [0.15, 0.2) is 0 Å². The molecule has 0 saturated carbocycles. The van der Waals surface area contributed by atoms with E-state index in [4.69, 9.17) is 6.11 Å². The number of hydrogen-bond donors (Lipinski definition) is 0. The fourth-order valence-corrected chi connectivity index (χ4v) is 2.38. The van der Waals surface area contributed by atoms with Crippen molar-refractivity contribution >= 4 is 11.9 Å². The molecule has 2 atom stereocenters. The Labute approximate surface area is 133 Å². The number of esters is 1. The minimum Gasteiger partial charge on any atom is -0.466 e. The molecule has 0 radical (unpaired) electrons. The van der Waals surface area contributed by atoms with Gasteiger partial charge < -0.3 is 9.64 Å². The molecule has 2 rings (SSSR count). The molecule has 7 heteroatoms. The van der Waals surface area contributed by atoms with E-state index in [1.807, 2.05) is 0 Å². The summed E-state index contributed by atoms with van der Waals surface area (Å²) < 4.78 is 50.6. The summed E-state index contributed by atoms with van der Waals surface area (Å²) in [6, 6.07) is 3.90. The van der Waals surface area contributed by atoms with E-state index in [9.17, 15) is 22.8 Å². The second-order valence-corrected chi connectivity index (χ2v) is 5.23. The zero-order chi connectivity index (χ0) is 17.9. The van der Waals surface area contributed by atoms with Gasteiger partial charge in [-0.25, -0.2) is 0 Å². The van der Waals surface area contributed by atoms with Crippen LogP contribution in [0.15, 0.2) is 24.3 Å². The monoisotopic (exact) mass is 330 g/mol. The number of carbonyl (C=O) groups is 2. The second kappa shape index (κ2) is 7.02. The summed E-state index contributed by atoms with van der Waals surface area (Å²) in [4.78, 5) is 25.4. The number of carbonyl (C=O) groups excluding carboxylic acids is 2. The molecule has 0 bridgehead atoms. The van der Waals surface area contributed by atoms with Gasteiger partial charge in [0, 0.05) is 20.0 Å². The maximum absolute atomic E-state index is 12.5. The Morgan fingerprint density at radius 2 is 1.96 bits per heavy atom. The summed E-state index contributed by atoms with van der Waals surface area (Å²) in [6.45, 7) is 1.21. The van der Waals surface area contributed by atoms with E-state index < -0.39 is 30.1 Å². The molecule has 23 heavy (non-hydrogen) atoms. The van der Waals surface area contributed by atoms with Gasteiger partial charge in [0.1, 0.15) is 0 Å². The molecular weight excluding hydrogens is 311 g/mol. The molecule has 2 unspecified atom stereocenters. The molecule has 1 heterocycles. The van der Waals surface area contributed by atoms with Gasteiger partial charge in [-0.05, 0) is 44.0 Å². The number of likely N-dealkylation sites (tertiary alicyclic amines) is 1. The van der Waals surface area contributed by atoms with E-state index in [2.05, 4.69) is 0 Å². The van der Waals surface area contributed by atoms with Crippen LogP contribution in [-0.2, 0) is 15.7 Å². The predicted octanol–water partition coefficient (Wildman–Crippen LogP) is 3.12. The van der Waals surface area contributed by atoms with Crippen LogP contribution < -0.4 is 0 Å². The maximum Gasteiger partial charge on any atom is 0.416 e. The van der Waals surface area contributed by atoms with Crippen molar-refractivity contribution in [3.63, 3.8) is 0 Å². The third kappa shape index (κ3) is 4.24. The second-order valence-electron chi connectivity index (χ2n) is 5.23. The highest BCUT2D eigenvalue weighted by Gasteiger charge is 2.31. The molecule has 4 nitrogen and oxygen atoms in total. The van der Waals surface area contributed by atoms with Crippen LogP contribution in [0.1, 0.15) is 37.1 Å². The Hall–Kier alpha value is -2.05. The lowest BCUT2D eigenvalue weighted by Crippen LogP contribution is -2.40. The summed E-state index contributed by atoms with van der Waals surface area (Å²) in [5.74, 6) is -1.31. The van der Waals surface area contributed by atoms with E-state index in [0.717, 1.165) is 24.3 Å². The minimum absolute atomic E-state index is 0.0924. The lowest BCUT2D eigenvalue weighted by molar-refractivity contribution is -0.149. The standard InChI is InChI=1S/C16H18F3NO3/c1-2-23-15(22)12-7-9-20(10-8-12)14(21)11-3-5-13(6-4-11)16(17,18)19/h3-6,12H,2,7-10H2,1H3/i9D. The average Bonchev–Trinajstić information content (AvgIpc) is 2.53. The summed E-state index contributed by atoms with van der Waals surface area (Å²) in [7, 11) is 0. The summed E-state index contributed by atoms with van der Waals surface area (Å²) in [5.41, 5.74) is -0.739. The minimum atomic E-state index is -4.46. The largest absolute Gasteiger partial charge is 0.466 e. The summed E-state index contributed by atoms with van der Waals surface area (Å²) >= 11 is 0. The first-order valence-corrected chi connectivity index (χ1v) is 7.31. The number of ether oxygens (including phenoxy) is 1. The van der Waals surface area contributed by atoms with Gasteiger partial charge in [-0.3, -0.25) is 9.59 Å². The predicted molar refractivity (Wildman–Crippen MR) is 76.7 cm³/mol. The van der Waals surface area contributed by atoms with Crippen LogP contribution in [-0.4, -0.2) is 36.4 Å². The lowest BCUT2D eigenvalue weighted by Gasteiger charge is -2.31. The van der Waals surface area contributed by atoms with Crippen molar-refractivity contribution in [1.29, 1.82) is 0 Å². The fourth-order valence-electron chi connectivity index (χ4n) is 2.38. The lowest BCUT2D eigenvalue weighted by atomic mass is 9.96. The van der Waals surface area contributed by atoms with Crippen LogP contribution in [0.5, 0.6) is 0 Å². The Balaban J connectivity index is 2.04. The van der Waals surface area contributed by atoms with Crippen molar-refractivity contribution < 1.29 is 28.9 Å². The average molecular weight is 330 g/mol. The first-order chi connectivity index (χ1) is 11.2. The van der Waals surface area contributed by atoms with Crippen molar-refractivity contribution in [3.05, 3.63) is 35.4 Å². The molecule has 0 spiro atoms. The zero-order valence-corrected chi connectivity index (χ0v) is 12.6. The van der Waals surface area contributed by atoms with E-state index in [1.54, 1.807) is 6.92 Å². The topological polar surface area (TPSA) is 46.6 Å². The van der Waals surface area contributed by atoms with Crippen molar-refractivity contribution in [3.8, 4) is 0 Å². The molecule has 0 aliphatic carbocycles. The normalized spacial score (nSPS) is 22.4. The molecule has 126 valence electrons. The first kappa shape index (κ1) is 15.8. The SMILES string of the molecule is [2H]C1CC(C(=O)OCC)CCN1C(=O)c1ccc(C(F)(F)F)cc1. The van der Waals surface area contributed by atoms with Gasteiger partial charge in [0.25, 0.3) is 5.91 Å². The number of alkyl halides is 3. The highest BCUT2D eigenvalue weighted by Crippen LogP contribution is 2.29. The maximum atomic E-state index is 12.5. The molecule has 1 fully saturated rings. The van der Waals surface area contributed by atoms with Gasteiger partial charge in [0.2, 0.25) is 0 Å². The number of rotatable bonds is 3. The Bertz CT molecular complexity index is 604. The highest BCUT2D eigenvalue weighted by atomic mass is 19.4.